The van der Waals surface area contributed by atoms with Gasteiger partial charge in [0.1, 0.15) is 17.2 Å². The Labute approximate surface area is 154 Å². The van der Waals surface area contributed by atoms with E-state index in [9.17, 15) is 9.18 Å². The summed E-state index contributed by atoms with van der Waals surface area (Å²) in [5.74, 6) is 0.730. The molecule has 0 atom stereocenters. The topological polar surface area (TPSA) is 63.9 Å². The Morgan fingerprint density at radius 3 is 2.81 bits per heavy atom. The first-order valence-corrected chi connectivity index (χ1v) is 8.85. The maximum atomic E-state index is 13.3. The number of fused-ring (bicyclic) bond motifs is 1. The Balaban J connectivity index is 1.47. The minimum atomic E-state index is -0.391. The lowest BCUT2D eigenvalue weighted by Gasteiger charge is -2.33. The van der Waals surface area contributed by atoms with Crippen LogP contribution in [0.4, 0.5) is 10.2 Å². The minimum absolute atomic E-state index is 0.128. The number of hydrogen-bond donors (Lipinski definition) is 0. The van der Waals surface area contributed by atoms with Gasteiger partial charge in [0.05, 0.1) is 23.4 Å². The molecule has 26 heavy (non-hydrogen) atoms. The zero-order chi connectivity index (χ0) is 18.1. The van der Waals surface area contributed by atoms with Gasteiger partial charge < -0.3 is 4.90 Å². The largest absolute Gasteiger partial charge is 0.355 e. The van der Waals surface area contributed by atoms with E-state index in [0.29, 0.717) is 28.4 Å². The highest BCUT2D eigenvalue weighted by atomic mass is 35.5. The van der Waals surface area contributed by atoms with Gasteiger partial charge in [0.2, 0.25) is 0 Å². The molecule has 0 amide bonds. The normalized spacial score (nSPS) is 15.5. The summed E-state index contributed by atoms with van der Waals surface area (Å²) in [7, 11) is 0. The summed E-state index contributed by atoms with van der Waals surface area (Å²) in [6.07, 6.45) is 6.45. The Kier molecular flexibility index (Phi) is 4.55. The van der Waals surface area contributed by atoms with Crippen molar-refractivity contribution in [3.63, 3.8) is 0 Å². The summed E-state index contributed by atoms with van der Waals surface area (Å²) in [5.41, 5.74) is 0.260. The SMILES string of the molecule is O=c1c2ccc(F)cc2ncn1CC1CCN(c2ncncc2Cl)CC1. The molecule has 3 heterocycles. The van der Waals surface area contributed by atoms with Crippen molar-refractivity contribution in [3.8, 4) is 0 Å². The van der Waals surface area contributed by atoms with Crippen LogP contribution in [0.1, 0.15) is 12.8 Å². The molecule has 0 N–H and O–H groups in total. The summed E-state index contributed by atoms with van der Waals surface area (Å²) in [5, 5.41) is 0.993. The molecule has 1 fully saturated rings. The molecule has 8 heteroatoms. The average Bonchev–Trinajstić information content (AvgIpc) is 2.65. The molecule has 3 aromatic rings. The van der Waals surface area contributed by atoms with Crippen LogP contribution >= 0.6 is 11.6 Å². The molecule has 1 aliphatic rings. The third-order valence-electron chi connectivity index (χ3n) is 4.80. The number of hydrogen-bond acceptors (Lipinski definition) is 5. The standard InChI is InChI=1S/C18H17ClFN5O/c19-15-8-21-10-22-17(15)24-5-3-12(4-6-24)9-25-11-23-16-7-13(20)1-2-14(16)18(25)26/h1-2,7-8,10-12H,3-6,9H2. The summed E-state index contributed by atoms with van der Waals surface area (Å²) in [6, 6.07) is 4.07. The second kappa shape index (κ2) is 6.99. The van der Waals surface area contributed by atoms with Gasteiger partial charge in [-0.15, -0.1) is 0 Å². The Morgan fingerprint density at radius 2 is 2.04 bits per heavy atom. The number of benzene rings is 1. The van der Waals surface area contributed by atoms with E-state index in [4.69, 9.17) is 11.6 Å². The van der Waals surface area contributed by atoms with Crippen molar-refractivity contribution in [2.75, 3.05) is 18.0 Å². The molecular formula is C18H17ClFN5O. The number of aromatic nitrogens is 4. The first kappa shape index (κ1) is 16.9. The molecular weight excluding hydrogens is 357 g/mol. The van der Waals surface area contributed by atoms with E-state index in [2.05, 4.69) is 19.9 Å². The maximum absolute atomic E-state index is 13.3. The summed E-state index contributed by atoms with van der Waals surface area (Å²) in [4.78, 5) is 27.1. The molecule has 0 saturated carbocycles. The van der Waals surface area contributed by atoms with Crippen LogP contribution in [-0.4, -0.2) is 32.6 Å². The molecule has 0 unspecified atom stereocenters. The van der Waals surface area contributed by atoms with Crippen molar-refractivity contribution in [2.45, 2.75) is 19.4 Å². The predicted molar refractivity (Wildman–Crippen MR) is 97.9 cm³/mol. The first-order valence-electron chi connectivity index (χ1n) is 8.47. The van der Waals surface area contributed by atoms with Crippen LogP contribution in [0.5, 0.6) is 0 Å². The van der Waals surface area contributed by atoms with Crippen molar-refractivity contribution in [2.24, 2.45) is 5.92 Å². The summed E-state index contributed by atoms with van der Waals surface area (Å²) in [6.45, 7) is 2.25. The lowest BCUT2D eigenvalue weighted by molar-refractivity contribution is 0.351. The average molecular weight is 374 g/mol. The van der Waals surface area contributed by atoms with Crippen LogP contribution in [0, 0.1) is 11.7 Å². The van der Waals surface area contributed by atoms with Crippen LogP contribution in [0.2, 0.25) is 5.02 Å². The summed E-state index contributed by atoms with van der Waals surface area (Å²) < 4.78 is 14.9. The highest BCUT2D eigenvalue weighted by molar-refractivity contribution is 6.32. The molecule has 0 radical (unpaired) electrons. The van der Waals surface area contributed by atoms with Crippen molar-refractivity contribution in [1.29, 1.82) is 0 Å². The molecule has 1 aromatic carbocycles. The maximum Gasteiger partial charge on any atom is 0.261 e. The second-order valence-corrected chi connectivity index (χ2v) is 6.90. The fraction of sp³-hybridized carbons (Fsp3) is 0.333. The number of anilines is 1. The lowest BCUT2D eigenvalue weighted by Crippen LogP contribution is -2.37. The quantitative estimate of drug-likeness (QED) is 0.706. The smallest absolute Gasteiger partial charge is 0.261 e. The van der Waals surface area contributed by atoms with Crippen molar-refractivity contribution in [3.05, 3.63) is 58.2 Å². The highest BCUT2D eigenvalue weighted by Gasteiger charge is 2.22. The van der Waals surface area contributed by atoms with Crippen molar-refractivity contribution < 1.29 is 4.39 Å². The van der Waals surface area contributed by atoms with Crippen LogP contribution in [0.3, 0.4) is 0 Å². The number of nitrogens with zero attached hydrogens (tertiary/aromatic N) is 5. The van der Waals surface area contributed by atoms with Gasteiger partial charge in [0, 0.05) is 25.7 Å². The molecule has 0 aliphatic carbocycles. The molecule has 1 aliphatic heterocycles. The van der Waals surface area contributed by atoms with Crippen molar-refractivity contribution in [1.82, 2.24) is 19.5 Å². The third-order valence-corrected chi connectivity index (χ3v) is 5.07. The van der Waals surface area contributed by atoms with Crippen LogP contribution in [0.15, 0.2) is 41.8 Å². The monoisotopic (exact) mass is 373 g/mol. The Bertz CT molecular complexity index is 1000. The van der Waals surface area contributed by atoms with Gasteiger partial charge in [0.15, 0.2) is 5.82 Å². The fourth-order valence-electron chi connectivity index (χ4n) is 3.41. The lowest BCUT2D eigenvalue weighted by atomic mass is 9.96. The van der Waals surface area contributed by atoms with Gasteiger partial charge in [0.25, 0.3) is 5.56 Å². The van der Waals surface area contributed by atoms with Crippen LogP contribution in [-0.2, 0) is 6.54 Å². The van der Waals surface area contributed by atoms with Crippen LogP contribution in [0.25, 0.3) is 10.9 Å². The third kappa shape index (κ3) is 3.26. The molecule has 134 valence electrons. The zero-order valence-electron chi connectivity index (χ0n) is 14.0. The summed E-state index contributed by atoms with van der Waals surface area (Å²) >= 11 is 6.16. The van der Waals surface area contributed by atoms with E-state index in [0.717, 1.165) is 31.7 Å². The molecule has 6 nitrogen and oxygen atoms in total. The van der Waals surface area contributed by atoms with Gasteiger partial charge >= 0.3 is 0 Å². The van der Waals surface area contributed by atoms with Gasteiger partial charge in [-0.1, -0.05) is 11.6 Å². The Morgan fingerprint density at radius 1 is 1.23 bits per heavy atom. The van der Waals surface area contributed by atoms with Gasteiger partial charge in [-0.2, -0.15) is 0 Å². The van der Waals surface area contributed by atoms with Crippen molar-refractivity contribution >= 4 is 28.3 Å². The van der Waals surface area contributed by atoms with Gasteiger partial charge in [-0.3, -0.25) is 9.36 Å². The minimum Gasteiger partial charge on any atom is -0.355 e. The predicted octanol–water partition coefficient (Wildman–Crippen LogP) is 2.90. The first-order chi connectivity index (χ1) is 12.6. The van der Waals surface area contributed by atoms with E-state index in [1.54, 1.807) is 10.8 Å². The highest BCUT2D eigenvalue weighted by Crippen LogP contribution is 2.27. The van der Waals surface area contributed by atoms with Gasteiger partial charge in [-0.05, 0) is 30.9 Å². The Hall–Kier alpha value is -2.54. The van der Waals surface area contributed by atoms with E-state index in [1.807, 2.05) is 0 Å². The molecule has 2 aromatic heterocycles. The second-order valence-electron chi connectivity index (χ2n) is 6.49. The van der Waals surface area contributed by atoms with Crippen LogP contribution < -0.4 is 10.5 Å². The number of piperidine rings is 1. The van der Waals surface area contributed by atoms with E-state index >= 15 is 0 Å². The van der Waals surface area contributed by atoms with E-state index < -0.39 is 5.82 Å². The fourth-order valence-corrected chi connectivity index (χ4v) is 3.63. The zero-order valence-corrected chi connectivity index (χ0v) is 14.7. The number of halogens is 2. The van der Waals surface area contributed by atoms with E-state index in [-0.39, 0.29) is 5.56 Å². The van der Waals surface area contributed by atoms with Gasteiger partial charge in [-0.25, -0.2) is 19.3 Å². The molecule has 0 bridgehead atoms. The molecule has 0 spiro atoms. The number of rotatable bonds is 3. The molecule has 4 rings (SSSR count). The van der Waals surface area contributed by atoms with E-state index in [1.165, 1.54) is 30.9 Å². The molecule has 1 saturated heterocycles.